The van der Waals surface area contributed by atoms with Gasteiger partial charge in [0, 0.05) is 18.7 Å². The maximum Gasteiger partial charge on any atom is 0.287 e. The first-order valence-electron chi connectivity index (χ1n) is 6.98. The zero-order valence-corrected chi connectivity index (χ0v) is 11.6. The largest absolute Gasteiger partial charge is 0.351 e. The van der Waals surface area contributed by atoms with Crippen molar-refractivity contribution in [1.82, 2.24) is 15.2 Å². The second kappa shape index (κ2) is 6.51. The van der Waals surface area contributed by atoms with Crippen molar-refractivity contribution in [3.05, 3.63) is 28.1 Å². The third kappa shape index (κ3) is 3.16. The topological polar surface area (TPSA) is 91.3 Å². The molecule has 1 amide bonds. The third-order valence-corrected chi connectivity index (χ3v) is 3.58. The number of hydrogen-bond acceptors (Lipinski definition) is 4. The highest BCUT2D eigenvalue weighted by Gasteiger charge is 2.27. The van der Waals surface area contributed by atoms with Gasteiger partial charge in [-0.2, -0.15) is 0 Å². The second-order valence-electron chi connectivity index (χ2n) is 5.01. The predicted molar refractivity (Wildman–Crippen MR) is 74.7 cm³/mol. The average Bonchev–Trinajstić information content (AvgIpc) is 2.95. The van der Waals surface area contributed by atoms with E-state index in [1.807, 2.05) is 11.8 Å². The summed E-state index contributed by atoms with van der Waals surface area (Å²) in [7, 11) is 0. The van der Waals surface area contributed by atoms with Gasteiger partial charge in [-0.1, -0.05) is 6.92 Å². The van der Waals surface area contributed by atoms with E-state index in [1.165, 1.54) is 12.3 Å². The van der Waals surface area contributed by atoms with E-state index >= 15 is 0 Å². The van der Waals surface area contributed by atoms with Gasteiger partial charge in [-0.3, -0.25) is 14.9 Å². The summed E-state index contributed by atoms with van der Waals surface area (Å²) in [4.78, 5) is 27.3. The fraction of sp³-hybridized carbons (Fsp3) is 0.615. The minimum Gasteiger partial charge on any atom is -0.351 e. The van der Waals surface area contributed by atoms with Crippen LogP contribution in [0, 0.1) is 10.1 Å². The highest BCUT2D eigenvalue weighted by atomic mass is 16.6. The lowest BCUT2D eigenvalue weighted by molar-refractivity contribution is -0.384. The molecule has 7 nitrogen and oxygen atoms in total. The first kappa shape index (κ1) is 14.5. The van der Waals surface area contributed by atoms with Crippen LogP contribution in [-0.4, -0.2) is 46.4 Å². The molecular weight excluding hydrogens is 260 g/mol. The molecule has 1 aliphatic heterocycles. The number of amides is 1. The summed E-state index contributed by atoms with van der Waals surface area (Å²) in [6.45, 7) is 4.51. The molecule has 20 heavy (non-hydrogen) atoms. The Morgan fingerprint density at radius 1 is 1.50 bits per heavy atom. The number of nitrogens with one attached hydrogen (secondary N) is 2. The van der Waals surface area contributed by atoms with Crippen molar-refractivity contribution >= 4 is 11.6 Å². The molecule has 0 bridgehead atoms. The lowest BCUT2D eigenvalue weighted by Crippen LogP contribution is -2.46. The van der Waals surface area contributed by atoms with E-state index in [2.05, 4.69) is 10.3 Å². The Kier molecular flexibility index (Phi) is 4.73. The molecule has 7 heteroatoms. The molecule has 0 saturated carbocycles. The van der Waals surface area contributed by atoms with Gasteiger partial charge < -0.3 is 15.2 Å². The van der Waals surface area contributed by atoms with Gasteiger partial charge in [-0.15, -0.1) is 0 Å². The molecule has 110 valence electrons. The van der Waals surface area contributed by atoms with Gasteiger partial charge in [0.15, 0.2) is 0 Å². The van der Waals surface area contributed by atoms with E-state index in [-0.39, 0.29) is 17.6 Å². The summed E-state index contributed by atoms with van der Waals surface area (Å²) in [5.41, 5.74) is 0.221. The van der Waals surface area contributed by atoms with Crippen LogP contribution in [0.3, 0.4) is 0 Å². The van der Waals surface area contributed by atoms with E-state index in [9.17, 15) is 14.9 Å². The number of piperidine rings is 1. The number of nitrogens with zero attached hydrogens (tertiary/aromatic N) is 2. The number of nitro groups is 1. The van der Waals surface area contributed by atoms with Crippen LogP contribution in [0.25, 0.3) is 0 Å². The van der Waals surface area contributed by atoms with E-state index in [1.54, 1.807) is 0 Å². The predicted octanol–water partition coefficient (Wildman–Crippen LogP) is 1.53. The Labute approximate surface area is 117 Å². The van der Waals surface area contributed by atoms with Crippen molar-refractivity contribution in [3.63, 3.8) is 0 Å². The zero-order chi connectivity index (χ0) is 14.5. The molecule has 2 rings (SSSR count). The van der Waals surface area contributed by atoms with Crippen LogP contribution < -0.4 is 5.32 Å². The Morgan fingerprint density at radius 2 is 2.20 bits per heavy atom. The van der Waals surface area contributed by atoms with Crippen molar-refractivity contribution in [1.29, 1.82) is 0 Å². The fourth-order valence-electron chi connectivity index (χ4n) is 2.58. The highest BCUT2D eigenvalue weighted by Crippen LogP contribution is 2.18. The molecule has 1 aromatic heterocycles. The monoisotopic (exact) mass is 280 g/mol. The lowest BCUT2D eigenvalue weighted by atomic mass is 10.0. The molecular formula is C13H20N4O3. The number of carbonyl (C=O) groups is 1. The van der Waals surface area contributed by atoms with Crippen molar-refractivity contribution < 1.29 is 9.72 Å². The second-order valence-corrected chi connectivity index (χ2v) is 5.01. The maximum atomic E-state index is 12.5. The molecule has 2 N–H and O–H groups in total. The van der Waals surface area contributed by atoms with Gasteiger partial charge in [0.1, 0.15) is 5.69 Å². The van der Waals surface area contributed by atoms with Crippen LogP contribution in [0.15, 0.2) is 12.3 Å². The van der Waals surface area contributed by atoms with Crippen molar-refractivity contribution in [2.75, 3.05) is 19.6 Å². The highest BCUT2D eigenvalue weighted by molar-refractivity contribution is 5.93. The number of carbonyl (C=O) groups excluding carboxylic acids is 1. The van der Waals surface area contributed by atoms with Crippen LogP contribution in [-0.2, 0) is 0 Å². The third-order valence-electron chi connectivity index (χ3n) is 3.58. The van der Waals surface area contributed by atoms with Crippen molar-refractivity contribution in [2.24, 2.45) is 0 Å². The fourth-order valence-corrected chi connectivity index (χ4v) is 2.58. The molecule has 0 aliphatic carbocycles. The van der Waals surface area contributed by atoms with Crippen molar-refractivity contribution in [3.8, 4) is 0 Å². The van der Waals surface area contributed by atoms with E-state index < -0.39 is 4.92 Å². The van der Waals surface area contributed by atoms with Gasteiger partial charge in [0.25, 0.3) is 11.6 Å². The summed E-state index contributed by atoms with van der Waals surface area (Å²) in [6.07, 6.45) is 3.99. The van der Waals surface area contributed by atoms with Crippen LogP contribution in [0.5, 0.6) is 0 Å². The molecule has 1 saturated heterocycles. The normalized spacial score (nSPS) is 16.1. The molecule has 1 fully saturated rings. The van der Waals surface area contributed by atoms with Gasteiger partial charge in [-0.25, -0.2) is 0 Å². The van der Waals surface area contributed by atoms with E-state index in [0.29, 0.717) is 12.2 Å². The maximum absolute atomic E-state index is 12.5. The number of hydrogen-bond donors (Lipinski definition) is 2. The summed E-state index contributed by atoms with van der Waals surface area (Å²) >= 11 is 0. The summed E-state index contributed by atoms with van der Waals surface area (Å²) in [5.74, 6) is -0.146. The van der Waals surface area contributed by atoms with Gasteiger partial charge in [0.05, 0.1) is 11.1 Å². The average molecular weight is 280 g/mol. The molecule has 0 aromatic carbocycles. The molecule has 0 radical (unpaired) electrons. The van der Waals surface area contributed by atoms with Gasteiger partial charge >= 0.3 is 0 Å². The van der Waals surface area contributed by atoms with Crippen LogP contribution in [0.2, 0.25) is 0 Å². The molecule has 1 aliphatic rings. The smallest absolute Gasteiger partial charge is 0.287 e. The number of aromatic nitrogens is 1. The van der Waals surface area contributed by atoms with Gasteiger partial charge in [-0.05, 0) is 32.4 Å². The summed E-state index contributed by atoms with van der Waals surface area (Å²) in [5, 5.41) is 14.0. The number of H-pyrrole nitrogens is 1. The Bertz CT molecular complexity index is 480. The van der Waals surface area contributed by atoms with E-state index in [0.717, 1.165) is 32.4 Å². The standard InChI is InChI=1S/C13H20N4O3/c1-2-7-16(10-3-5-14-6-4-10)13(18)12-8-11(9-15-12)17(19)20/h8-10,14-15H,2-7H2,1H3. The minimum absolute atomic E-state index is 0.0740. The molecule has 1 aromatic rings. The van der Waals surface area contributed by atoms with Crippen LogP contribution >= 0.6 is 0 Å². The van der Waals surface area contributed by atoms with Crippen LogP contribution in [0.1, 0.15) is 36.7 Å². The number of aromatic amines is 1. The van der Waals surface area contributed by atoms with Crippen molar-refractivity contribution in [2.45, 2.75) is 32.2 Å². The Morgan fingerprint density at radius 3 is 2.75 bits per heavy atom. The quantitative estimate of drug-likeness (QED) is 0.632. The molecule has 0 atom stereocenters. The summed E-state index contributed by atoms with van der Waals surface area (Å²) in [6, 6.07) is 1.53. The Hall–Kier alpha value is -1.89. The summed E-state index contributed by atoms with van der Waals surface area (Å²) < 4.78 is 0. The van der Waals surface area contributed by atoms with Gasteiger partial charge in [0.2, 0.25) is 0 Å². The zero-order valence-electron chi connectivity index (χ0n) is 11.6. The Balaban J connectivity index is 2.14. The van der Waals surface area contributed by atoms with E-state index in [4.69, 9.17) is 0 Å². The molecule has 0 unspecified atom stereocenters. The minimum atomic E-state index is -0.498. The SMILES string of the molecule is CCCN(C(=O)c1cc([N+](=O)[O-])c[nH]1)C1CCNCC1. The molecule has 0 spiro atoms. The van der Waals surface area contributed by atoms with Crippen LogP contribution in [0.4, 0.5) is 5.69 Å². The lowest BCUT2D eigenvalue weighted by Gasteiger charge is -2.34. The molecule has 2 heterocycles. The number of rotatable bonds is 5. The first-order chi connectivity index (χ1) is 9.63. The first-order valence-corrected chi connectivity index (χ1v) is 6.98.